The zero-order valence-corrected chi connectivity index (χ0v) is 15.0. The number of nitrogens with zero attached hydrogens (tertiary/aromatic N) is 2. The van der Waals surface area contributed by atoms with E-state index >= 15 is 0 Å². The number of pyridine rings is 1. The summed E-state index contributed by atoms with van der Waals surface area (Å²) in [6.45, 7) is 3.13. The maximum absolute atomic E-state index is 11.5. The number of amides is 1. The first-order chi connectivity index (χ1) is 12.2. The first kappa shape index (κ1) is 17.0. The molecule has 25 heavy (non-hydrogen) atoms. The van der Waals surface area contributed by atoms with Gasteiger partial charge in [0, 0.05) is 25.8 Å². The first-order valence-electron chi connectivity index (χ1n) is 9.82. The fourth-order valence-corrected chi connectivity index (χ4v) is 5.42. The van der Waals surface area contributed by atoms with Gasteiger partial charge in [0.2, 0.25) is 0 Å². The van der Waals surface area contributed by atoms with Crippen molar-refractivity contribution in [1.82, 2.24) is 15.4 Å². The number of carbonyl (C=O) groups is 1. The zero-order chi connectivity index (χ0) is 17.3. The van der Waals surface area contributed by atoms with E-state index in [0.717, 1.165) is 36.7 Å². The molecule has 3 aliphatic rings. The van der Waals surface area contributed by atoms with E-state index in [4.69, 9.17) is 5.21 Å². The molecule has 1 aromatic heterocycles. The lowest BCUT2D eigenvalue weighted by Crippen LogP contribution is -2.35. The normalized spacial score (nSPS) is 25.7. The maximum atomic E-state index is 11.5. The molecule has 1 spiro atoms. The Labute approximate surface area is 149 Å². The van der Waals surface area contributed by atoms with Crippen LogP contribution in [0, 0.1) is 11.3 Å². The van der Waals surface area contributed by atoms with Crippen LogP contribution in [-0.4, -0.2) is 34.1 Å². The van der Waals surface area contributed by atoms with Gasteiger partial charge in [-0.2, -0.15) is 0 Å². The van der Waals surface area contributed by atoms with Crippen LogP contribution in [0.2, 0.25) is 0 Å². The van der Waals surface area contributed by atoms with Gasteiger partial charge in [-0.1, -0.05) is 19.3 Å². The third-order valence-corrected chi connectivity index (χ3v) is 6.73. The third kappa shape index (κ3) is 3.58. The summed E-state index contributed by atoms with van der Waals surface area (Å²) in [5.74, 6) is 0.362. The standard InChI is InChI=1S/C20H29N3O2/c24-19(22-25)17-10-16-5-9-23(14-18(16)21-12-17)13-15-4-8-20(11-15)6-2-1-3-7-20/h10,12,15,25H,1-9,11,13-14H2,(H,22,24). The molecule has 2 heterocycles. The minimum absolute atomic E-state index is 0.435. The lowest BCUT2D eigenvalue weighted by Gasteiger charge is -2.34. The van der Waals surface area contributed by atoms with Gasteiger partial charge in [0.15, 0.2) is 0 Å². The average Bonchev–Trinajstić information content (AvgIpc) is 3.03. The van der Waals surface area contributed by atoms with Crippen molar-refractivity contribution in [2.75, 3.05) is 13.1 Å². The Morgan fingerprint density at radius 1 is 1.32 bits per heavy atom. The highest BCUT2D eigenvalue weighted by molar-refractivity contribution is 5.93. The van der Waals surface area contributed by atoms with Crippen molar-refractivity contribution >= 4 is 5.91 Å². The summed E-state index contributed by atoms with van der Waals surface area (Å²) in [6, 6.07) is 1.87. The van der Waals surface area contributed by atoms with Crippen LogP contribution < -0.4 is 5.48 Å². The molecule has 0 radical (unpaired) electrons. The summed E-state index contributed by atoms with van der Waals surface area (Å²) < 4.78 is 0. The Balaban J connectivity index is 1.36. The molecule has 2 fully saturated rings. The Kier molecular flexibility index (Phi) is 4.78. The van der Waals surface area contributed by atoms with Gasteiger partial charge in [-0.25, -0.2) is 5.48 Å². The fraction of sp³-hybridized carbons (Fsp3) is 0.700. The van der Waals surface area contributed by atoms with Gasteiger partial charge >= 0.3 is 0 Å². The second-order valence-electron chi connectivity index (χ2n) is 8.43. The maximum Gasteiger partial charge on any atom is 0.276 e. The Morgan fingerprint density at radius 2 is 2.16 bits per heavy atom. The molecule has 1 aliphatic heterocycles. The number of aromatic nitrogens is 1. The third-order valence-electron chi connectivity index (χ3n) is 6.73. The largest absolute Gasteiger partial charge is 0.297 e. The van der Waals surface area contributed by atoms with E-state index in [2.05, 4.69) is 9.88 Å². The highest BCUT2D eigenvalue weighted by Crippen LogP contribution is 2.51. The minimum atomic E-state index is -0.485. The Hall–Kier alpha value is -1.46. The van der Waals surface area contributed by atoms with Gasteiger partial charge in [-0.15, -0.1) is 0 Å². The number of hydrogen-bond donors (Lipinski definition) is 2. The molecule has 2 N–H and O–H groups in total. The van der Waals surface area contributed by atoms with Gasteiger partial charge in [0.05, 0.1) is 11.3 Å². The summed E-state index contributed by atoms with van der Waals surface area (Å²) in [5.41, 5.74) is 5.04. The van der Waals surface area contributed by atoms with Crippen molar-refractivity contribution < 1.29 is 10.0 Å². The van der Waals surface area contributed by atoms with Gasteiger partial charge in [-0.3, -0.25) is 19.9 Å². The fourth-order valence-electron chi connectivity index (χ4n) is 5.42. The molecule has 4 rings (SSSR count). The molecule has 1 atom stereocenters. The van der Waals surface area contributed by atoms with Crippen molar-refractivity contribution in [3.05, 3.63) is 29.1 Å². The molecule has 136 valence electrons. The number of fused-ring (bicyclic) bond motifs is 1. The van der Waals surface area contributed by atoms with E-state index in [1.807, 2.05) is 6.07 Å². The number of rotatable bonds is 3. The van der Waals surface area contributed by atoms with Crippen LogP contribution in [0.1, 0.15) is 73.0 Å². The van der Waals surface area contributed by atoms with Crippen molar-refractivity contribution in [1.29, 1.82) is 0 Å². The Bertz CT molecular complexity index is 640. The molecule has 1 amide bonds. The molecule has 5 heteroatoms. The van der Waals surface area contributed by atoms with Crippen molar-refractivity contribution in [2.45, 2.75) is 64.3 Å². The number of nitrogens with one attached hydrogen (secondary N) is 1. The van der Waals surface area contributed by atoms with Crippen LogP contribution >= 0.6 is 0 Å². The molecule has 2 aliphatic carbocycles. The summed E-state index contributed by atoms with van der Waals surface area (Å²) in [7, 11) is 0. The highest BCUT2D eigenvalue weighted by atomic mass is 16.5. The van der Waals surface area contributed by atoms with Gasteiger partial charge in [-0.05, 0) is 61.5 Å². The van der Waals surface area contributed by atoms with Crippen LogP contribution in [0.4, 0.5) is 0 Å². The van der Waals surface area contributed by atoms with E-state index in [0.29, 0.717) is 11.0 Å². The second kappa shape index (κ2) is 7.04. The van der Waals surface area contributed by atoms with E-state index < -0.39 is 5.91 Å². The van der Waals surface area contributed by atoms with E-state index in [-0.39, 0.29) is 0 Å². The first-order valence-corrected chi connectivity index (χ1v) is 9.82. The van der Waals surface area contributed by atoms with Crippen LogP contribution in [0.3, 0.4) is 0 Å². The van der Waals surface area contributed by atoms with Crippen LogP contribution in [-0.2, 0) is 13.0 Å². The molecule has 5 nitrogen and oxygen atoms in total. The van der Waals surface area contributed by atoms with E-state index in [1.54, 1.807) is 11.7 Å². The van der Waals surface area contributed by atoms with Crippen LogP contribution in [0.15, 0.2) is 12.3 Å². The molecule has 1 unspecified atom stereocenters. The summed E-state index contributed by atoms with van der Waals surface area (Å²) in [4.78, 5) is 18.6. The number of carbonyl (C=O) groups excluding carboxylic acids is 1. The van der Waals surface area contributed by atoms with Crippen molar-refractivity contribution in [3.63, 3.8) is 0 Å². The molecular formula is C20H29N3O2. The molecule has 0 bridgehead atoms. The SMILES string of the molecule is O=C(NO)c1cnc2c(c1)CCN(CC1CCC3(CCCCC3)C1)C2. The molecule has 2 saturated carbocycles. The summed E-state index contributed by atoms with van der Waals surface area (Å²) >= 11 is 0. The van der Waals surface area contributed by atoms with Crippen LogP contribution in [0.5, 0.6) is 0 Å². The smallest absolute Gasteiger partial charge is 0.276 e. The minimum Gasteiger partial charge on any atom is -0.297 e. The monoisotopic (exact) mass is 343 g/mol. The summed E-state index contributed by atoms with van der Waals surface area (Å²) in [5, 5.41) is 8.76. The highest BCUT2D eigenvalue weighted by Gasteiger charge is 2.40. The predicted octanol–water partition coefficient (Wildman–Crippen LogP) is 3.31. The number of hydrogen-bond acceptors (Lipinski definition) is 4. The molecule has 0 saturated heterocycles. The quantitative estimate of drug-likeness (QED) is 0.653. The van der Waals surface area contributed by atoms with E-state index in [9.17, 15) is 4.79 Å². The molecule has 0 aromatic carbocycles. The predicted molar refractivity (Wildman–Crippen MR) is 95.3 cm³/mol. The lowest BCUT2D eigenvalue weighted by atomic mass is 9.72. The molecule has 1 aromatic rings. The van der Waals surface area contributed by atoms with Gasteiger partial charge in [0.1, 0.15) is 0 Å². The average molecular weight is 343 g/mol. The lowest BCUT2D eigenvalue weighted by molar-refractivity contribution is 0.0705. The van der Waals surface area contributed by atoms with Crippen molar-refractivity contribution in [3.8, 4) is 0 Å². The van der Waals surface area contributed by atoms with Crippen molar-refractivity contribution in [2.24, 2.45) is 11.3 Å². The van der Waals surface area contributed by atoms with E-state index in [1.165, 1.54) is 57.9 Å². The summed E-state index contributed by atoms with van der Waals surface area (Å²) in [6.07, 6.45) is 14.0. The molecular weight excluding hydrogens is 314 g/mol. The zero-order valence-electron chi connectivity index (χ0n) is 15.0. The topological polar surface area (TPSA) is 65.5 Å². The number of hydroxylamine groups is 1. The van der Waals surface area contributed by atoms with Gasteiger partial charge < -0.3 is 0 Å². The Morgan fingerprint density at radius 3 is 2.96 bits per heavy atom. The van der Waals surface area contributed by atoms with Gasteiger partial charge in [0.25, 0.3) is 5.91 Å². The second-order valence-corrected chi connectivity index (χ2v) is 8.43. The van der Waals surface area contributed by atoms with Crippen LogP contribution in [0.25, 0.3) is 0 Å².